The molecule has 14 heavy (non-hydrogen) atoms. The van der Waals surface area contributed by atoms with E-state index in [0.717, 1.165) is 6.42 Å². The van der Waals surface area contributed by atoms with E-state index in [1.54, 1.807) is 6.92 Å². The molecule has 0 spiro atoms. The van der Waals surface area contributed by atoms with Crippen LogP contribution in [-0.2, 0) is 9.53 Å². The molecule has 0 radical (unpaired) electrons. The van der Waals surface area contributed by atoms with Crippen LogP contribution in [0.3, 0.4) is 0 Å². The van der Waals surface area contributed by atoms with E-state index in [-0.39, 0.29) is 5.57 Å². The van der Waals surface area contributed by atoms with Crippen LogP contribution in [0.25, 0.3) is 0 Å². The van der Waals surface area contributed by atoms with Crippen LogP contribution in [0.1, 0.15) is 33.6 Å². The first-order valence-electron chi connectivity index (χ1n) is 5.03. The zero-order chi connectivity index (χ0) is 11.1. The van der Waals surface area contributed by atoms with E-state index in [4.69, 9.17) is 4.74 Å². The summed E-state index contributed by atoms with van der Waals surface area (Å²) in [5.74, 6) is 0.0205. The van der Waals surface area contributed by atoms with Crippen molar-refractivity contribution in [1.29, 1.82) is 0 Å². The smallest absolute Gasteiger partial charge is 0.336 e. The van der Waals surface area contributed by atoms with Crippen molar-refractivity contribution in [2.24, 2.45) is 5.92 Å². The lowest BCUT2D eigenvalue weighted by molar-refractivity contribution is -0.140. The zero-order valence-electron chi connectivity index (χ0n) is 9.25. The molecule has 0 amide bonds. The van der Waals surface area contributed by atoms with Gasteiger partial charge in [-0.3, -0.25) is 0 Å². The topological polar surface area (TPSA) is 46.5 Å². The summed E-state index contributed by atoms with van der Waals surface area (Å²) in [5, 5.41) is 9.31. The second kappa shape index (κ2) is 6.60. The van der Waals surface area contributed by atoms with Crippen molar-refractivity contribution in [3.63, 3.8) is 0 Å². The Morgan fingerprint density at radius 3 is 2.50 bits per heavy atom. The Kier molecular flexibility index (Phi) is 6.21. The average Bonchev–Trinajstić information content (AvgIpc) is 2.14. The second-order valence-electron chi connectivity index (χ2n) is 3.77. The number of carbonyl (C=O) groups is 1. The Morgan fingerprint density at radius 1 is 1.50 bits per heavy atom. The lowest BCUT2D eigenvalue weighted by atomic mass is 10.1. The summed E-state index contributed by atoms with van der Waals surface area (Å²) < 4.78 is 4.94. The monoisotopic (exact) mass is 200 g/mol. The lowest BCUT2D eigenvalue weighted by Gasteiger charge is -2.11. The van der Waals surface area contributed by atoms with Crippen LogP contribution in [-0.4, -0.2) is 23.8 Å². The van der Waals surface area contributed by atoms with Crippen molar-refractivity contribution >= 4 is 5.97 Å². The van der Waals surface area contributed by atoms with E-state index >= 15 is 0 Å². The van der Waals surface area contributed by atoms with Crippen LogP contribution in [0.2, 0.25) is 0 Å². The predicted octanol–water partition coefficient (Wildman–Crippen LogP) is 1.90. The molecule has 0 bridgehead atoms. The highest BCUT2D eigenvalue weighted by Crippen LogP contribution is 2.07. The Labute approximate surface area is 85.8 Å². The molecule has 1 unspecified atom stereocenters. The number of hydrogen-bond acceptors (Lipinski definition) is 3. The van der Waals surface area contributed by atoms with Gasteiger partial charge in [0.1, 0.15) is 0 Å². The van der Waals surface area contributed by atoms with Crippen molar-refractivity contribution < 1.29 is 14.6 Å². The summed E-state index contributed by atoms with van der Waals surface area (Å²) in [6.07, 6.45) is 0.542. The largest absolute Gasteiger partial charge is 0.462 e. The number of esters is 1. The van der Waals surface area contributed by atoms with Crippen molar-refractivity contribution in [1.82, 2.24) is 0 Å². The number of ether oxygens (including phenoxy) is 1. The molecule has 0 aliphatic heterocycles. The maximum Gasteiger partial charge on any atom is 0.336 e. The quantitative estimate of drug-likeness (QED) is 0.526. The SMILES string of the molecule is C=C(C(=O)OCCC(C)C)C(O)CC. The predicted molar refractivity (Wildman–Crippen MR) is 55.9 cm³/mol. The van der Waals surface area contributed by atoms with E-state index < -0.39 is 12.1 Å². The molecule has 0 aliphatic rings. The molecule has 0 aromatic carbocycles. The van der Waals surface area contributed by atoms with Gasteiger partial charge in [0.15, 0.2) is 0 Å². The minimum absolute atomic E-state index is 0.149. The number of hydrogen-bond donors (Lipinski definition) is 1. The Morgan fingerprint density at radius 2 is 2.07 bits per heavy atom. The molecule has 0 aliphatic carbocycles. The molecule has 1 atom stereocenters. The third kappa shape index (κ3) is 5.02. The van der Waals surface area contributed by atoms with E-state index in [1.807, 2.05) is 0 Å². The molecule has 82 valence electrons. The maximum absolute atomic E-state index is 11.2. The molecule has 1 N–H and O–H groups in total. The summed E-state index contributed by atoms with van der Waals surface area (Å²) in [7, 11) is 0. The van der Waals surface area contributed by atoms with Gasteiger partial charge in [0.05, 0.1) is 18.3 Å². The standard InChI is InChI=1S/C11H20O3/c1-5-10(12)9(4)11(13)14-7-6-8(2)3/h8,10,12H,4-7H2,1-3H3. The fraction of sp³-hybridized carbons (Fsp3) is 0.727. The third-order valence-corrected chi connectivity index (χ3v) is 1.98. The number of aliphatic hydroxyl groups excluding tert-OH is 1. The first-order chi connectivity index (χ1) is 6.49. The third-order valence-electron chi connectivity index (χ3n) is 1.98. The van der Waals surface area contributed by atoms with E-state index in [1.165, 1.54) is 0 Å². The zero-order valence-corrected chi connectivity index (χ0v) is 9.25. The Hall–Kier alpha value is -0.830. The molecule has 0 saturated heterocycles. The van der Waals surface area contributed by atoms with E-state index in [2.05, 4.69) is 20.4 Å². The molecule has 0 heterocycles. The molecule has 0 saturated carbocycles. The van der Waals surface area contributed by atoms with Crippen LogP contribution in [0.4, 0.5) is 0 Å². The summed E-state index contributed by atoms with van der Waals surface area (Å²) in [6.45, 7) is 9.80. The van der Waals surface area contributed by atoms with E-state index in [9.17, 15) is 9.90 Å². The molecule has 3 nitrogen and oxygen atoms in total. The molecule has 0 aromatic rings. The van der Waals surface area contributed by atoms with Crippen molar-refractivity contribution in [3.05, 3.63) is 12.2 Å². The average molecular weight is 200 g/mol. The minimum atomic E-state index is -0.776. The lowest BCUT2D eigenvalue weighted by Crippen LogP contribution is -2.19. The van der Waals surface area contributed by atoms with Gasteiger partial charge in [0, 0.05) is 0 Å². The van der Waals surface area contributed by atoms with Crippen molar-refractivity contribution in [3.8, 4) is 0 Å². The van der Waals surface area contributed by atoms with Crippen LogP contribution in [0, 0.1) is 5.92 Å². The summed E-state index contributed by atoms with van der Waals surface area (Å²) in [6, 6.07) is 0. The van der Waals surface area contributed by atoms with Crippen LogP contribution < -0.4 is 0 Å². The number of aliphatic hydroxyl groups is 1. The first-order valence-corrected chi connectivity index (χ1v) is 5.03. The molecule has 0 fully saturated rings. The summed E-state index contributed by atoms with van der Waals surface area (Å²) in [4.78, 5) is 11.2. The second-order valence-corrected chi connectivity index (χ2v) is 3.77. The highest BCUT2D eigenvalue weighted by Gasteiger charge is 2.15. The normalized spacial score (nSPS) is 12.6. The van der Waals surface area contributed by atoms with Crippen molar-refractivity contribution in [2.45, 2.75) is 39.7 Å². The van der Waals surface area contributed by atoms with Crippen LogP contribution in [0.15, 0.2) is 12.2 Å². The van der Waals surface area contributed by atoms with Gasteiger partial charge in [0.25, 0.3) is 0 Å². The fourth-order valence-electron chi connectivity index (χ4n) is 0.862. The minimum Gasteiger partial charge on any atom is -0.462 e. The highest BCUT2D eigenvalue weighted by atomic mass is 16.5. The van der Waals surface area contributed by atoms with Gasteiger partial charge in [0.2, 0.25) is 0 Å². The van der Waals surface area contributed by atoms with Gasteiger partial charge in [-0.25, -0.2) is 4.79 Å². The van der Waals surface area contributed by atoms with Gasteiger partial charge in [-0.15, -0.1) is 0 Å². The van der Waals surface area contributed by atoms with Gasteiger partial charge < -0.3 is 9.84 Å². The summed E-state index contributed by atoms with van der Waals surface area (Å²) >= 11 is 0. The molecule has 3 heteroatoms. The Balaban J connectivity index is 3.79. The molecule has 0 rings (SSSR count). The van der Waals surface area contributed by atoms with Crippen molar-refractivity contribution in [2.75, 3.05) is 6.61 Å². The first kappa shape index (κ1) is 13.2. The van der Waals surface area contributed by atoms with Crippen LogP contribution >= 0.6 is 0 Å². The van der Waals surface area contributed by atoms with Gasteiger partial charge in [-0.05, 0) is 18.8 Å². The Bertz CT molecular complexity index is 197. The highest BCUT2D eigenvalue weighted by molar-refractivity contribution is 5.88. The van der Waals surface area contributed by atoms with Crippen LogP contribution in [0.5, 0.6) is 0 Å². The van der Waals surface area contributed by atoms with Gasteiger partial charge >= 0.3 is 5.97 Å². The maximum atomic E-state index is 11.2. The number of rotatable bonds is 6. The van der Waals surface area contributed by atoms with Gasteiger partial charge in [-0.2, -0.15) is 0 Å². The fourth-order valence-corrected chi connectivity index (χ4v) is 0.862. The van der Waals surface area contributed by atoms with Gasteiger partial charge in [-0.1, -0.05) is 27.4 Å². The molecular weight excluding hydrogens is 180 g/mol. The molecule has 0 aromatic heterocycles. The molecular formula is C11H20O3. The van der Waals surface area contributed by atoms with E-state index in [0.29, 0.717) is 18.9 Å². The number of carbonyl (C=O) groups excluding carboxylic acids is 1. The summed E-state index contributed by atoms with van der Waals surface area (Å²) in [5.41, 5.74) is 0.149.